The van der Waals surface area contributed by atoms with Crippen LogP contribution in [0, 0.1) is 10.1 Å². The summed E-state index contributed by atoms with van der Waals surface area (Å²) in [5.74, 6) is 1.87. The molecule has 0 fully saturated rings. The molecule has 0 N–H and O–H groups in total. The molecule has 16 heavy (non-hydrogen) atoms. The highest BCUT2D eigenvalue weighted by Crippen LogP contribution is 2.39. The number of nitrogens with zero attached hydrogens (tertiary/aromatic N) is 1. The first-order chi connectivity index (χ1) is 7.74. The smallest absolute Gasteiger partial charge is 0.269 e. The van der Waals surface area contributed by atoms with Crippen LogP contribution in [-0.2, 0) is 6.42 Å². The van der Waals surface area contributed by atoms with E-state index in [0.29, 0.717) is 0 Å². The molecule has 0 atom stereocenters. The lowest BCUT2D eigenvalue weighted by Crippen LogP contribution is -2.06. The highest BCUT2D eigenvalue weighted by atomic mass is 16.6. The predicted octanol–water partition coefficient (Wildman–Crippen LogP) is 2.97. The van der Waals surface area contributed by atoms with Crippen molar-refractivity contribution in [1.29, 1.82) is 0 Å². The molecule has 1 aliphatic carbocycles. The SMILES string of the molecule is O=[N+]([O-])c1ccc2c(c1)CC1=C(CCC1)O2. The van der Waals surface area contributed by atoms with Gasteiger partial charge in [0.15, 0.2) is 0 Å². The van der Waals surface area contributed by atoms with Crippen LogP contribution >= 0.6 is 0 Å². The van der Waals surface area contributed by atoms with Gasteiger partial charge in [-0.3, -0.25) is 10.1 Å². The van der Waals surface area contributed by atoms with Gasteiger partial charge in [0.1, 0.15) is 11.5 Å². The highest BCUT2D eigenvalue weighted by Gasteiger charge is 2.24. The zero-order chi connectivity index (χ0) is 11.1. The summed E-state index contributed by atoms with van der Waals surface area (Å²) in [4.78, 5) is 10.3. The monoisotopic (exact) mass is 217 g/mol. The van der Waals surface area contributed by atoms with Gasteiger partial charge < -0.3 is 4.74 Å². The lowest BCUT2D eigenvalue weighted by molar-refractivity contribution is -0.384. The van der Waals surface area contributed by atoms with Crippen LogP contribution in [0.5, 0.6) is 5.75 Å². The molecular formula is C12H11NO3. The highest BCUT2D eigenvalue weighted by molar-refractivity contribution is 5.49. The number of nitro groups is 1. The van der Waals surface area contributed by atoms with Crippen molar-refractivity contribution >= 4 is 5.69 Å². The molecule has 0 unspecified atom stereocenters. The van der Waals surface area contributed by atoms with Gasteiger partial charge in [0, 0.05) is 30.5 Å². The van der Waals surface area contributed by atoms with Gasteiger partial charge >= 0.3 is 0 Å². The van der Waals surface area contributed by atoms with E-state index in [1.807, 2.05) is 0 Å². The van der Waals surface area contributed by atoms with Crippen molar-refractivity contribution < 1.29 is 9.66 Å². The summed E-state index contributed by atoms with van der Waals surface area (Å²) in [6.45, 7) is 0. The molecule has 0 aromatic heterocycles. The molecule has 0 radical (unpaired) electrons. The number of rotatable bonds is 1. The fourth-order valence-corrected chi connectivity index (χ4v) is 2.37. The van der Waals surface area contributed by atoms with Gasteiger partial charge in [-0.05, 0) is 24.5 Å². The van der Waals surface area contributed by atoms with Crippen LogP contribution in [0.3, 0.4) is 0 Å². The Morgan fingerprint density at radius 3 is 3.00 bits per heavy atom. The molecular weight excluding hydrogens is 206 g/mol. The molecule has 3 rings (SSSR count). The summed E-state index contributed by atoms with van der Waals surface area (Å²) in [5, 5.41) is 10.7. The first-order valence-electron chi connectivity index (χ1n) is 5.40. The second-order valence-corrected chi connectivity index (χ2v) is 4.21. The molecule has 1 aliphatic heterocycles. The summed E-state index contributed by atoms with van der Waals surface area (Å²) < 4.78 is 5.75. The van der Waals surface area contributed by atoms with Crippen molar-refractivity contribution in [3.05, 3.63) is 45.2 Å². The van der Waals surface area contributed by atoms with Crippen LogP contribution in [0.25, 0.3) is 0 Å². The van der Waals surface area contributed by atoms with Gasteiger partial charge in [0.2, 0.25) is 0 Å². The third-order valence-electron chi connectivity index (χ3n) is 3.17. The lowest BCUT2D eigenvalue weighted by Gasteiger charge is -2.18. The predicted molar refractivity (Wildman–Crippen MR) is 58.3 cm³/mol. The zero-order valence-electron chi connectivity index (χ0n) is 8.73. The molecule has 0 saturated heterocycles. The summed E-state index contributed by atoms with van der Waals surface area (Å²) in [5.41, 5.74) is 2.40. The average Bonchev–Trinajstić information content (AvgIpc) is 2.71. The number of hydrogen-bond acceptors (Lipinski definition) is 3. The minimum absolute atomic E-state index is 0.143. The Balaban J connectivity index is 2.00. The van der Waals surface area contributed by atoms with Gasteiger partial charge in [0.25, 0.3) is 5.69 Å². The van der Waals surface area contributed by atoms with Crippen molar-refractivity contribution in [3.8, 4) is 5.75 Å². The topological polar surface area (TPSA) is 52.4 Å². The number of ether oxygens (including phenoxy) is 1. The van der Waals surface area contributed by atoms with Gasteiger partial charge in [0.05, 0.1) is 4.92 Å². The maximum absolute atomic E-state index is 10.7. The third-order valence-corrected chi connectivity index (χ3v) is 3.17. The number of nitro benzene ring substituents is 1. The molecule has 82 valence electrons. The fourth-order valence-electron chi connectivity index (χ4n) is 2.37. The largest absolute Gasteiger partial charge is 0.461 e. The lowest BCUT2D eigenvalue weighted by atomic mass is 10.0. The summed E-state index contributed by atoms with van der Waals surface area (Å²) >= 11 is 0. The van der Waals surface area contributed by atoms with Crippen molar-refractivity contribution in [2.45, 2.75) is 25.7 Å². The van der Waals surface area contributed by atoms with Gasteiger partial charge in [-0.2, -0.15) is 0 Å². The van der Waals surface area contributed by atoms with E-state index >= 15 is 0 Å². The van der Waals surface area contributed by atoms with Crippen molar-refractivity contribution in [3.63, 3.8) is 0 Å². The van der Waals surface area contributed by atoms with Crippen LogP contribution < -0.4 is 4.74 Å². The average molecular weight is 217 g/mol. The first-order valence-corrected chi connectivity index (χ1v) is 5.40. The Morgan fingerprint density at radius 2 is 2.19 bits per heavy atom. The first kappa shape index (κ1) is 9.39. The second-order valence-electron chi connectivity index (χ2n) is 4.21. The fraction of sp³-hybridized carbons (Fsp3) is 0.333. The molecule has 1 aromatic carbocycles. The quantitative estimate of drug-likeness (QED) is 0.536. The Hall–Kier alpha value is -1.84. The summed E-state index contributed by atoms with van der Waals surface area (Å²) in [6, 6.07) is 4.83. The molecule has 1 aromatic rings. The number of fused-ring (bicyclic) bond motifs is 1. The summed E-state index contributed by atoms with van der Waals surface area (Å²) in [6.07, 6.45) is 4.02. The normalized spacial score (nSPS) is 17.8. The Morgan fingerprint density at radius 1 is 1.31 bits per heavy atom. The van der Waals surface area contributed by atoms with E-state index in [9.17, 15) is 10.1 Å². The Labute approximate surface area is 92.7 Å². The molecule has 2 aliphatic rings. The minimum Gasteiger partial charge on any atom is -0.461 e. The van der Waals surface area contributed by atoms with E-state index in [0.717, 1.165) is 42.8 Å². The van der Waals surface area contributed by atoms with E-state index in [2.05, 4.69) is 0 Å². The molecule has 0 amide bonds. The Bertz CT molecular complexity index is 505. The standard InChI is InChI=1S/C12H11NO3/c14-13(15)10-4-5-12-9(7-10)6-8-2-1-3-11(8)16-12/h4-5,7H,1-3,6H2. The molecule has 1 heterocycles. The van der Waals surface area contributed by atoms with Crippen LogP contribution in [-0.4, -0.2) is 4.92 Å². The Kier molecular flexibility index (Phi) is 1.96. The van der Waals surface area contributed by atoms with Gasteiger partial charge in [-0.25, -0.2) is 0 Å². The molecule has 4 nitrogen and oxygen atoms in total. The number of non-ortho nitro benzene ring substituents is 1. The maximum Gasteiger partial charge on any atom is 0.269 e. The van der Waals surface area contributed by atoms with Gasteiger partial charge in [-0.15, -0.1) is 0 Å². The van der Waals surface area contributed by atoms with Crippen LogP contribution in [0.15, 0.2) is 29.5 Å². The van der Waals surface area contributed by atoms with Crippen molar-refractivity contribution in [1.82, 2.24) is 0 Å². The van der Waals surface area contributed by atoms with Crippen molar-refractivity contribution in [2.24, 2.45) is 0 Å². The van der Waals surface area contributed by atoms with Crippen LogP contribution in [0.4, 0.5) is 5.69 Å². The van der Waals surface area contributed by atoms with Crippen LogP contribution in [0.2, 0.25) is 0 Å². The van der Waals surface area contributed by atoms with E-state index < -0.39 is 0 Å². The number of allylic oxidation sites excluding steroid dienone is 2. The van der Waals surface area contributed by atoms with E-state index in [-0.39, 0.29) is 10.6 Å². The molecule has 0 bridgehead atoms. The van der Waals surface area contributed by atoms with E-state index in [4.69, 9.17) is 4.74 Å². The maximum atomic E-state index is 10.7. The molecule has 0 spiro atoms. The summed E-state index contributed by atoms with van der Waals surface area (Å²) in [7, 11) is 0. The zero-order valence-corrected chi connectivity index (χ0v) is 8.73. The molecule has 4 heteroatoms. The van der Waals surface area contributed by atoms with E-state index in [1.54, 1.807) is 12.1 Å². The molecule has 0 saturated carbocycles. The van der Waals surface area contributed by atoms with Crippen molar-refractivity contribution in [2.75, 3.05) is 0 Å². The third kappa shape index (κ3) is 1.38. The second kappa shape index (κ2) is 3.33. The van der Waals surface area contributed by atoms with Crippen LogP contribution in [0.1, 0.15) is 24.8 Å². The minimum atomic E-state index is -0.362. The van der Waals surface area contributed by atoms with E-state index in [1.165, 1.54) is 11.6 Å². The number of hydrogen-bond donors (Lipinski definition) is 0. The van der Waals surface area contributed by atoms with Gasteiger partial charge in [-0.1, -0.05) is 0 Å². The number of benzene rings is 1.